The van der Waals surface area contributed by atoms with Gasteiger partial charge in [-0.1, -0.05) is 6.07 Å². The number of methoxy groups -OCH3 is 2. The standard InChI is InChI=1S/C18H24N4O3/c1-11-7-12(2)22-17(21-11)10-20-18(23)9-14(19)13-5-6-15(24-3)16(8-13)25-4/h5-8,14H,9-10,19H2,1-4H3,(H,20,23). The molecule has 1 aromatic heterocycles. The van der Waals surface area contributed by atoms with Crippen molar-refractivity contribution in [2.45, 2.75) is 32.9 Å². The van der Waals surface area contributed by atoms with Gasteiger partial charge in [-0.2, -0.15) is 0 Å². The van der Waals surface area contributed by atoms with Crippen molar-refractivity contribution >= 4 is 5.91 Å². The molecule has 0 saturated heterocycles. The molecular formula is C18H24N4O3. The Bertz CT molecular complexity index is 729. The van der Waals surface area contributed by atoms with Crippen molar-refractivity contribution in [1.82, 2.24) is 15.3 Å². The van der Waals surface area contributed by atoms with Gasteiger partial charge in [0, 0.05) is 23.9 Å². The fourth-order valence-corrected chi connectivity index (χ4v) is 2.53. The summed E-state index contributed by atoms with van der Waals surface area (Å²) in [6.45, 7) is 4.07. The molecule has 7 heteroatoms. The average Bonchev–Trinajstić information content (AvgIpc) is 2.58. The van der Waals surface area contributed by atoms with E-state index in [-0.39, 0.29) is 18.9 Å². The molecule has 2 aromatic rings. The molecule has 0 bridgehead atoms. The van der Waals surface area contributed by atoms with Crippen molar-refractivity contribution < 1.29 is 14.3 Å². The van der Waals surface area contributed by atoms with Crippen LogP contribution in [-0.2, 0) is 11.3 Å². The van der Waals surface area contributed by atoms with Crippen molar-refractivity contribution in [3.63, 3.8) is 0 Å². The topological polar surface area (TPSA) is 99.4 Å². The van der Waals surface area contributed by atoms with Gasteiger partial charge in [0.05, 0.1) is 20.8 Å². The maximum Gasteiger partial charge on any atom is 0.222 e. The monoisotopic (exact) mass is 344 g/mol. The molecule has 1 aromatic carbocycles. The molecule has 0 radical (unpaired) electrons. The van der Waals surface area contributed by atoms with Crippen LogP contribution in [0, 0.1) is 13.8 Å². The number of ether oxygens (including phenoxy) is 2. The highest BCUT2D eigenvalue weighted by molar-refractivity contribution is 5.76. The molecule has 25 heavy (non-hydrogen) atoms. The third-order valence-electron chi connectivity index (χ3n) is 3.71. The van der Waals surface area contributed by atoms with E-state index in [1.54, 1.807) is 26.4 Å². The molecule has 1 unspecified atom stereocenters. The van der Waals surface area contributed by atoms with Gasteiger partial charge in [-0.15, -0.1) is 0 Å². The van der Waals surface area contributed by atoms with Crippen LogP contribution in [-0.4, -0.2) is 30.1 Å². The van der Waals surface area contributed by atoms with Crippen molar-refractivity contribution in [3.05, 3.63) is 47.0 Å². The molecule has 0 spiro atoms. The van der Waals surface area contributed by atoms with Crippen molar-refractivity contribution in [1.29, 1.82) is 0 Å². The predicted octanol–water partition coefficient (Wildman–Crippen LogP) is 1.82. The lowest BCUT2D eigenvalue weighted by Crippen LogP contribution is -2.28. The van der Waals surface area contributed by atoms with Gasteiger partial charge < -0.3 is 20.5 Å². The molecule has 2 rings (SSSR count). The Balaban J connectivity index is 1.95. The third kappa shape index (κ3) is 5.15. The Morgan fingerprint density at radius 2 is 1.76 bits per heavy atom. The summed E-state index contributed by atoms with van der Waals surface area (Å²) < 4.78 is 10.5. The zero-order valence-electron chi connectivity index (χ0n) is 15.0. The van der Waals surface area contributed by atoms with Crippen molar-refractivity contribution in [3.8, 4) is 11.5 Å². The summed E-state index contributed by atoms with van der Waals surface area (Å²) in [4.78, 5) is 20.7. The molecule has 0 fully saturated rings. The number of hydrogen-bond acceptors (Lipinski definition) is 6. The maximum absolute atomic E-state index is 12.1. The molecule has 7 nitrogen and oxygen atoms in total. The lowest BCUT2D eigenvalue weighted by atomic mass is 10.0. The van der Waals surface area contributed by atoms with Gasteiger partial charge in [0.1, 0.15) is 5.82 Å². The highest BCUT2D eigenvalue weighted by Crippen LogP contribution is 2.30. The zero-order valence-corrected chi connectivity index (χ0v) is 15.0. The van der Waals surface area contributed by atoms with E-state index < -0.39 is 6.04 Å². The minimum absolute atomic E-state index is 0.153. The van der Waals surface area contributed by atoms with Crippen LogP contribution in [0.25, 0.3) is 0 Å². The van der Waals surface area contributed by atoms with E-state index in [9.17, 15) is 4.79 Å². The smallest absolute Gasteiger partial charge is 0.222 e. The second-order valence-corrected chi connectivity index (χ2v) is 5.77. The van der Waals surface area contributed by atoms with Gasteiger partial charge in [0.2, 0.25) is 5.91 Å². The van der Waals surface area contributed by atoms with Gasteiger partial charge in [0.15, 0.2) is 11.5 Å². The molecular weight excluding hydrogens is 320 g/mol. The number of nitrogens with two attached hydrogens (primary N) is 1. The lowest BCUT2D eigenvalue weighted by molar-refractivity contribution is -0.121. The zero-order chi connectivity index (χ0) is 18.4. The number of nitrogens with one attached hydrogen (secondary N) is 1. The number of benzene rings is 1. The van der Waals surface area contributed by atoms with Crippen LogP contribution in [0.15, 0.2) is 24.3 Å². The molecule has 0 aliphatic carbocycles. The summed E-state index contributed by atoms with van der Waals surface area (Å²) in [5.74, 6) is 1.63. The Hall–Kier alpha value is -2.67. The van der Waals surface area contributed by atoms with Gasteiger partial charge in [-0.25, -0.2) is 9.97 Å². The Morgan fingerprint density at radius 1 is 1.12 bits per heavy atom. The Morgan fingerprint density at radius 3 is 2.36 bits per heavy atom. The number of hydrogen-bond donors (Lipinski definition) is 2. The van der Waals surface area contributed by atoms with Crippen LogP contribution < -0.4 is 20.5 Å². The maximum atomic E-state index is 12.1. The number of aromatic nitrogens is 2. The summed E-state index contributed by atoms with van der Waals surface area (Å²) in [7, 11) is 3.13. The van der Waals surface area contributed by atoms with E-state index in [0.717, 1.165) is 17.0 Å². The molecule has 0 aliphatic rings. The SMILES string of the molecule is COc1ccc(C(N)CC(=O)NCc2nc(C)cc(C)n2)cc1OC. The van der Waals surface area contributed by atoms with Gasteiger partial charge >= 0.3 is 0 Å². The normalized spacial score (nSPS) is 11.7. The average molecular weight is 344 g/mol. The van der Waals surface area contributed by atoms with Crippen LogP contribution in [0.4, 0.5) is 0 Å². The number of aryl methyl sites for hydroxylation is 2. The second-order valence-electron chi connectivity index (χ2n) is 5.77. The molecule has 134 valence electrons. The summed E-state index contributed by atoms with van der Waals surface area (Å²) in [6.07, 6.45) is 0.153. The summed E-state index contributed by atoms with van der Waals surface area (Å²) >= 11 is 0. The minimum atomic E-state index is -0.444. The van der Waals surface area contributed by atoms with Crippen LogP contribution in [0.5, 0.6) is 11.5 Å². The van der Waals surface area contributed by atoms with E-state index in [2.05, 4.69) is 15.3 Å². The molecule has 0 aliphatic heterocycles. The first-order chi connectivity index (χ1) is 11.9. The highest BCUT2D eigenvalue weighted by atomic mass is 16.5. The van der Waals surface area contributed by atoms with Crippen LogP contribution in [0.1, 0.15) is 35.2 Å². The van der Waals surface area contributed by atoms with Crippen LogP contribution in [0.3, 0.4) is 0 Å². The summed E-state index contributed by atoms with van der Waals surface area (Å²) in [5, 5.41) is 2.81. The summed E-state index contributed by atoms with van der Waals surface area (Å²) in [6, 6.07) is 6.82. The highest BCUT2D eigenvalue weighted by Gasteiger charge is 2.14. The van der Waals surface area contributed by atoms with Crippen molar-refractivity contribution in [2.75, 3.05) is 14.2 Å². The predicted molar refractivity (Wildman–Crippen MR) is 94.4 cm³/mol. The van der Waals surface area contributed by atoms with E-state index in [0.29, 0.717) is 17.3 Å². The van der Waals surface area contributed by atoms with Gasteiger partial charge in [-0.05, 0) is 37.6 Å². The largest absolute Gasteiger partial charge is 0.493 e. The molecule has 1 atom stereocenters. The van der Waals surface area contributed by atoms with E-state index in [4.69, 9.17) is 15.2 Å². The van der Waals surface area contributed by atoms with Crippen LogP contribution >= 0.6 is 0 Å². The number of nitrogens with zero attached hydrogens (tertiary/aromatic N) is 2. The second kappa shape index (κ2) is 8.43. The minimum Gasteiger partial charge on any atom is -0.493 e. The molecule has 3 N–H and O–H groups in total. The number of carbonyl (C=O) groups is 1. The van der Waals surface area contributed by atoms with Crippen molar-refractivity contribution in [2.24, 2.45) is 5.73 Å². The molecule has 1 heterocycles. The Labute approximate surface area is 147 Å². The first-order valence-corrected chi connectivity index (χ1v) is 7.98. The van der Waals surface area contributed by atoms with Gasteiger partial charge in [-0.3, -0.25) is 4.79 Å². The quantitative estimate of drug-likeness (QED) is 0.795. The Kier molecular flexibility index (Phi) is 6.30. The van der Waals surface area contributed by atoms with E-state index >= 15 is 0 Å². The summed E-state index contributed by atoms with van der Waals surface area (Å²) in [5.41, 5.74) is 8.69. The van der Waals surface area contributed by atoms with Crippen LogP contribution in [0.2, 0.25) is 0 Å². The molecule has 1 amide bonds. The first-order valence-electron chi connectivity index (χ1n) is 7.98. The number of rotatable bonds is 7. The molecule has 0 saturated carbocycles. The fourth-order valence-electron chi connectivity index (χ4n) is 2.53. The van der Waals surface area contributed by atoms with E-state index in [1.165, 1.54) is 0 Å². The third-order valence-corrected chi connectivity index (χ3v) is 3.71. The number of carbonyl (C=O) groups excluding carboxylic acids is 1. The number of amides is 1. The van der Waals surface area contributed by atoms with Gasteiger partial charge in [0.25, 0.3) is 0 Å². The fraction of sp³-hybridized carbons (Fsp3) is 0.389. The first kappa shape index (κ1) is 18.7. The van der Waals surface area contributed by atoms with E-state index in [1.807, 2.05) is 26.0 Å². The lowest BCUT2D eigenvalue weighted by Gasteiger charge is -2.15.